The van der Waals surface area contributed by atoms with Crippen LogP contribution in [0.1, 0.15) is 60.2 Å². The van der Waals surface area contributed by atoms with Crippen LogP contribution in [-0.4, -0.2) is 24.0 Å². The molecule has 4 heteroatoms. The molecular weight excluding hydrogens is 350 g/mol. The van der Waals surface area contributed by atoms with Crippen molar-refractivity contribution in [1.82, 2.24) is 5.32 Å². The number of carbonyl (C=O) groups is 2. The molecule has 0 aromatic heterocycles. The zero-order valence-corrected chi connectivity index (χ0v) is 16.7. The van der Waals surface area contributed by atoms with Gasteiger partial charge in [0, 0.05) is 6.04 Å². The SMILES string of the molecule is C[C@H](CCc1ccccc1)NC(=O)[C@@H](C)OC(=O)c1ccc2c(c1)CCCC2. The third kappa shape index (κ3) is 5.44. The minimum atomic E-state index is -0.817. The van der Waals surface area contributed by atoms with Gasteiger partial charge in [0.2, 0.25) is 0 Å². The fraction of sp³-hybridized carbons (Fsp3) is 0.417. The van der Waals surface area contributed by atoms with Crippen molar-refractivity contribution in [3.63, 3.8) is 0 Å². The second kappa shape index (κ2) is 9.54. The molecule has 0 unspecified atom stereocenters. The Bertz CT molecular complexity index is 816. The summed E-state index contributed by atoms with van der Waals surface area (Å²) in [6, 6.07) is 15.9. The van der Waals surface area contributed by atoms with E-state index in [0.29, 0.717) is 5.56 Å². The van der Waals surface area contributed by atoms with E-state index in [1.54, 1.807) is 13.0 Å². The van der Waals surface area contributed by atoms with Gasteiger partial charge in [-0.05, 0) is 81.2 Å². The van der Waals surface area contributed by atoms with Crippen LogP contribution in [0.25, 0.3) is 0 Å². The lowest BCUT2D eigenvalue weighted by Crippen LogP contribution is -2.41. The molecule has 0 heterocycles. The second-order valence-corrected chi connectivity index (χ2v) is 7.67. The summed E-state index contributed by atoms with van der Waals surface area (Å²) in [7, 11) is 0. The van der Waals surface area contributed by atoms with E-state index < -0.39 is 12.1 Å². The highest BCUT2D eigenvalue weighted by Gasteiger charge is 2.21. The van der Waals surface area contributed by atoms with Gasteiger partial charge in [-0.1, -0.05) is 36.4 Å². The predicted molar refractivity (Wildman–Crippen MR) is 110 cm³/mol. The van der Waals surface area contributed by atoms with E-state index in [0.717, 1.165) is 32.1 Å². The molecule has 0 spiro atoms. The van der Waals surface area contributed by atoms with Gasteiger partial charge in [0.25, 0.3) is 5.91 Å². The largest absolute Gasteiger partial charge is 0.449 e. The first-order valence-corrected chi connectivity index (χ1v) is 10.2. The lowest BCUT2D eigenvalue weighted by molar-refractivity contribution is -0.129. The first kappa shape index (κ1) is 20.1. The highest BCUT2D eigenvalue weighted by atomic mass is 16.5. The highest BCUT2D eigenvalue weighted by molar-refractivity contribution is 5.92. The summed E-state index contributed by atoms with van der Waals surface area (Å²) in [6.07, 6.45) is 5.35. The first-order chi connectivity index (χ1) is 13.5. The topological polar surface area (TPSA) is 55.4 Å². The van der Waals surface area contributed by atoms with Crippen molar-refractivity contribution in [3.8, 4) is 0 Å². The van der Waals surface area contributed by atoms with Gasteiger partial charge < -0.3 is 10.1 Å². The van der Waals surface area contributed by atoms with E-state index in [-0.39, 0.29) is 11.9 Å². The maximum atomic E-state index is 12.4. The number of esters is 1. The first-order valence-electron chi connectivity index (χ1n) is 10.2. The molecule has 4 nitrogen and oxygen atoms in total. The number of nitrogens with one attached hydrogen (secondary N) is 1. The molecule has 3 rings (SSSR count). The lowest BCUT2D eigenvalue weighted by atomic mass is 9.90. The highest BCUT2D eigenvalue weighted by Crippen LogP contribution is 2.22. The van der Waals surface area contributed by atoms with E-state index in [9.17, 15) is 9.59 Å². The molecule has 2 aromatic carbocycles. The second-order valence-electron chi connectivity index (χ2n) is 7.67. The zero-order chi connectivity index (χ0) is 19.9. The van der Waals surface area contributed by atoms with E-state index in [2.05, 4.69) is 17.4 Å². The standard InChI is InChI=1S/C24H29NO3/c1-17(12-13-19-8-4-3-5-9-19)25-23(26)18(2)28-24(27)22-15-14-20-10-6-7-11-21(20)16-22/h3-5,8-9,14-18H,6-7,10-13H2,1-2H3,(H,25,26)/t17-,18-/m1/s1. The van der Waals surface area contributed by atoms with Crippen LogP contribution in [0.3, 0.4) is 0 Å². The van der Waals surface area contributed by atoms with Crippen LogP contribution in [0, 0.1) is 0 Å². The molecule has 2 aromatic rings. The Morgan fingerprint density at radius 2 is 1.71 bits per heavy atom. The third-order valence-electron chi connectivity index (χ3n) is 5.33. The van der Waals surface area contributed by atoms with Crippen LogP contribution < -0.4 is 5.32 Å². The summed E-state index contributed by atoms with van der Waals surface area (Å²) in [5, 5.41) is 2.94. The molecular formula is C24H29NO3. The molecule has 0 bridgehead atoms. The lowest BCUT2D eigenvalue weighted by Gasteiger charge is -2.19. The summed E-state index contributed by atoms with van der Waals surface area (Å²) in [6.45, 7) is 3.59. The van der Waals surface area contributed by atoms with E-state index in [4.69, 9.17) is 4.74 Å². The van der Waals surface area contributed by atoms with Crippen LogP contribution in [0.2, 0.25) is 0 Å². The fourth-order valence-corrected chi connectivity index (χ4v) is 3.60. The van der Waals surface area contributed by atoms with Crippen LogP contribution >= 0.6 is 0 Å². The number of hydrogen-bond donors (Lipinski definition) is 1. The maximum absolute atomic E-state index is 12.4. The van der Waals surface area contributed by atoms with Gasteiger partial charge >= 0.3 is 5.97 Å². The molecule has 1 aliphatic rings. The predicted octanol–water partition coefficient (Wildman–Crippen LogP) is 4.25. The fourth-order valence-electron chi connectivity index (χ4n) is 3.60. The summed E-state index contributed by atoms with van der Waals surface area (Å²) in [5.74, 6) is -0.695. The Labute approximate surface area is 167 Å². The maximum Gasteiger partial charge on any atom is 0.338 e. The number of fused-ring (bicyclic) bond motifs is 1. The molecule has 0 saturated carbocycles. The van der Waals surface area contributed by atoms with Gasteiger partial charge in [-0.25, -0.2) is 4.79 Å². The van der Waals surface area contributed by atoms with Crippen molar-refractivity contribution in [2.45, 2.75) is 64.5 Å². The molecule has 148 valence electrons. The van der Waals surface area contributed by atoms with Crippen LogP contribution in [0.5, 0.6) is 0 Å². The molecule has 0 aliphatic heterocycles. The smallest absolute Gasteiger partial charge is 0.338 e. The summed E-state index contributed by atoms with van der Waals surface area (Å²) < 4.78 is 5.40. The van der Waals surface area contributed by atoms with E-state index in [1.807, 2.05) is 37.3 Å². The molecule has 28 heavy (non-hydrogen) atoms. The van der Waals surface area contributed by atoms with Crippen LogP contribution in [0.15, 0.2) is 48.5 Å². The average molecular weight is 380 g/mol. The molecule has 1 N–H and O–H groups in total. The Balaban J connectivity index is 1.48. The van der Waals surface area contributed by atoms with Crippen molar-refractivity contribution >= 4 is 11.9 Å². The number of ether oxygens (including phenoxy) is 1. The van der Waals surface area contributed by atoms with Crippen molar-refractivity contribution in [3.05, 3.63) is 70.8 Å². The molecule has 2 atom stereocenters. The number of aryl methyl sites for hydroxylation is 3. The number of hydrogen-bond acceptors (Lipinski definition) is 3. The van der Waals surface area contributed by atoms with Crippen molar-refractivity contribution in [1.29, 1.82) is 0 Å². The summed E-state index contributed by atoms with van der Waals surface area (Å²) >= 11 is 0. The van der Waals surface area contributed by atoms with Crippen molar-refractivity contribution in [2.75, 3.05) is 0 Å². The van der Waals surface area contributed by atoms with Gasteiger partial charge in [0.1, 0.15) is 0 Å². The van der Waals surface area contributed by atoms with Gasteiger partial charge in [-0.15, -0.1) is 0 Å². The minimum absolute atomic E-state index is 0.0117. The van der Waals surface area contributed by atoms with Crippen molar-refractivity contribution in [2.24, 2.45) is 0 Å². The van der Waals surface area contributed by atoms with Gasteiger partial charge in [0.15, 0.2) is 6.10 Å². The summed E-state index contributed by atoms with van der Waals surface area (Å²) in [5.41, 5.74) is 4.32. The molecule has 0 fully saturated rings. The third-order valence-corrected chi connectivity index (χ3v) is 5.33. The molecule has 1 amide bonds. The average Bonchev–Trinajstić information content (AvgIpc) is 2.72. The van der Waals surface area contributed by atoms with Gasteiger partial charge in [-0.2, -0.15) is 0 Å². The van der Waals surface area contributed by atoms with Crippen LogP contribution in [0.4, 0.5) is 0 Å². The van der Waals surface area contributed by atoms with Gasteiger partial charge in [-0.3, -0.25) is 4.79 Å². The van der Waals surface area contributed by atoms with E-state index in [1.165, 1.54) is 23.1 Å². The number of carbonyl (C=O) groups excluding carboxylic acids is 2. The number of amides is 1. The van der Waals surface area contributed by atoms with Crippen molar-refractivity contribution < 1.29 is 14.3 Å². The Kier molecular flexibility index (Phi) is 6.85. The van der Waals surface area contributed by atoms with Gasteiger partial charge in [0.05, 0.1) is 5.56 Å². The Morgan fingerprint density at radius 1 is 1.00 bits per heavy atom. The van der Waals surface area contributed by atoms with Crippen LogP contribution in [-0.2, 0) is 28.8 Å². The monoisotopic (exact) mass is 379 g/mol. The normalized spacial score (nSPS) is 15.2. The molecule has 0 saturated heterocycles. The number of rotatable bonds is 7. The Hall–Kier alpha value is -2.62. The summed E-state index contributed by atoms with van der Waals surface area (Å²) in [4.78, 5) is 24.8. The quantitative estimate of drug-likeness (QED) is 0.732. The zero-order valence-electron chi connectivity index (χ0n) is 16.7. The molecule has 0 radical (unpaired) electrons. The molecule has 1 aliphatic carbocycles. The number of benzene rings is 2. The van der Waals surface area contributed by atoms with E-state index >= 15 is 0 Å². The Morgan fingerprint density at radius 3 is 2.46 bits per heavy atom. The minimum Gasteiger partial charge on any atom is -0.449 e.